The molecule has 4 rings (SSSR count). The Kier molecular flexibility index (Phi) is 6.87. The van der Waals surface area contributed by atoms with E-state index in [2.05, 4.69) is 15.6 Å². The number of carbonyl (C=O) groups is 1. The number of nitrogens with one attached hydrogen (secondary N) is 2. The summed E-state index contributed by atoms with van der Waals surface area (Å²) in [6.45, 7) is 4.45. The van der Waals surface area contributed by atoms with Gasteiger partial charge in [-0.05, 0) is 38.0 Å². The van der Waals surface area contributed by atoms with Crippen LogP contribution in [0.3, 0.4) is 0 Å². The number of morpholine rings is 1. The molecule has 0 spiro atoms. The van der Waals surface area contributed by atoms with Crippen LogP contribution in [0.4, 0.5) is 11.4 Å². The van der Waals surface area contributed by atoms with Crippen LogP contribution in [-0.4, -0.2) is 69.2 Å². The second-order valence-electron chi connectivity index (χ2n) is 7.46. The first kappa shape index (κ1) is 22.2. The minimum Gasteiger partial charge on any atom is -0.381 e. The molecule has 0 bridgehead atoms. The van der Waals surface area contributed by atoms with Gasteiger partial charge in [-0.1, -0.05) is 0 Å². The zero-order valence-corrected chi connectivity index (χ0v) is 18.9. The monoisotopic (exact) mass is 466 g/mol. The lowest BCUT2D eigenvalue weighted by Crippen LogP contribution is -2.40. The van der Waals surface area contributed by atoms with E-state index in [1.165, 1.54) is 21.7 Å². The molecule has 11 heteroatoms. The Morgan fingerprint density at radius 3 is 2.74 bits per heavy atom. The molecule has 9 nitrogen and oxygen atoms in total. The van der Waals surface area contributed by atoms with Gasteiger partial charge < -0.3 is 20.1 Å². The van der Waals surface area contributed by atoms with Crippen molar-refractivity contribution in [2.24, 2.45) is 0 Å². The first-order valence-electron chi connectivity index (χ1n) is 10.2. The normalized spacial score (nSPS) is 20.0. The summed E-state index contributed by atoms with van der Waals surface area (Å²) < 4.78 is 38.5. The lowest BCUT2D eigenvalue weighted by molar-refractivity contribution is 0.0730. The summed E-state index contributed by atoms with van der Waals surface area (Å²) in [5, 5.41) is 6.16. The quantitative estimate of drug-likeness (QED) is 0.644. The Hall–Kier alpha value is -2.05. The molecule has 2 aromatic rings. The number of benzene rings is 1. The number of carbonyl (C=O) groups excluding carboxylic acids is 1. The summed E-state index contributed by atoms with van der Waals surface area (Å²) in [6.07, 6.45) is 2.10. The summed E-state index contributed by atoms with van der Waals surface area (Å²) in [6, 6.07) is 4.77. The lowest BCUT2D eigenvalue weighted by Gasteiger charge is -2.26. The predicted octanol–water partition coefficient (Wildman–Crippen LogP) is 2.32. The smallest absolute Gasteiger partial charge is 0.267 e. The minimum atomic E-state index is -3.69. The molecule has 1 unspecified atom stereocenters. The predicted molar refractivity (Wildman–Crippen MR) is 118 cm³/mol. The second kappa shape index (κ2) is 9.61. The molecule has 1 atom stereocenters. The third-order valence-corrected chi connectivity index (χ3v) is 8.16. The Morgan fingerprint density at radius 1 is 1.26 bits per heavy atom. The minimum absolute atomic E-state index is 0.101. The van der Waals surface area contributed by atoms with Crippen molar-refractivity contribution in [3.05, 3.63) is 34.3 Å². The number of nitrogens with zero attached hydrogens (tertiary/aromatic N) is 2. The average Bonchev–Trinajstić information content (AvgIpc) is 3.45. The maximum Gasteiger partial charge on any atom is 0.267 e. The lowest BCUT2D eigenvalue weighted by atomic mass is 10.2. The Bertz CT molecular complexity index is 1030. The highest BCUT2D eigenvalue weighted by Gasteiger charge is 2.27. The van der Waals surface area contributed by atoms with E-state index in [9.17, 15) is 13.2 Å². The molecule has 2 fully saturated rings. The van der Waals surface area contributed by atoms with Crippen LogP contribution in [0.15, 0.2) is 28.6 Å². The third kappa shape index (κ3) is 5.07. The van der Waals surface area contributed by atoms with Gasteiger partial charge in [0, 0.05) is 26.2 Å². The Labute approximate surface area is 185 Å². The van der Waals surface area contributed by atoms with Crippen molar-refractivity contribution in [2.75, 3.05) is 50.1 Å². The van der Waals surface area contributed by atoms with Gasteiger partial charge in [0.25, 0.3) is 5.91 Å². The van der Waals surface area contributed by atoms with Gasteiger partial charge in [0.2, 0.25) is 10.0 Å². The number of aromatic nitrogens is 1. The number of hydrogen-bond donors (Lipinski definition) is 2. The molecule has 0 radical (unpaired) electrons. The van der Waals surface area contributed by atoms with Gasteiger partial charge in [0.05, 0.1) is 46.8 Å². The van der Waals surface area contributed by atoms with Gasteiger partial charge in [-0.2, -0.15) is 4.31 Å². The number of aryl methyl sites for hydroxylation is 1. The number of sulfonamides is 1. The summed E-state index contributed by atoms with van der Waals surface area (Å²) in [7, 11) is -3.69. The molecule has 3 heterocycles. The molecule has 2 saturated heterocycles. The van der Waals surface area contributed by atoms with E-state index in [0.29, 0.717) is 54.8 Å². The molecule has 0 saturated carbocycles. The van der Waals surface area contributed by atoms with Crippen LogP contribution in [0, 0.1) is 6.92 Å². The van der Waals surface area contributed by atoms with E-state index in [1.807, 2.05) is 0 Å². The molecule has 2 N–H and O–H groups in total. The van der Waals surface area contributed by atoms with E-state index in [-0.39, 0.29) is 16.9 Å². The van der Waals surface area contributed by atoms with Crippen LogP contribution in [0.2, 0.25) is 0 Å². The summed E-state index contributed by atoms with van der Waals surface area (Å²) in [4.78, 5) is 17.5. The van der Waals surface area contributed by atoms with Crippen molar-refractivity contribution in [3.8, 4) is 0 Å². The van der Waals surface area contributed by atoms with E-state index >= 15 is 0 Å². The van der Waals surface area contributed by atoms with Gasteiger partial charge in [0.1, 0.15) is 4.88 Å². The zero-order chi connectivity index (χ0) is 21.8. The van der Waals surface area contributed by atoms with Crippen LogP contribution in [-0.2, 0) is 19.5 Å². The van der Waals surface area contributed by atoms with Crippen molar-refractivity contribution in [1.82, 2.24) is 9.29 Å². The van der Waals surface area contributed by atoms with Crippen LogP contribution in [0.5, 0.6) is 0 Å². The SMILES string of the molecule is Cc1ncsc1C(=O)Nc1cc(S(=O)(=O)N2CCOCC2)ccc1NCC1CCCO1. The van der Waals surface area contributed by atoms with Crippen LogP contribution < -0.4 is 10.6 Å². The molecular formula is C20H26N4O5S2. The van der Waals surface area contributed by atoms with Crippen molar-refractivity contribution in [3.63, 3.8) is 0 Å². The molecule has 168 valence electrons. The Morgan fingerprint density at radius 2 is 2.06 bits per heavy atom. The molecule has 2 aliphatic heterocycles. The van der Waals surface area contributed by atoms with Crippen LogP contribution in [0.1, 0.15) is 28.2 Å². The second-order valence-corrected chi connectivity index (χ2v) is 10.3. The van der Waals surface area contributed by atoms with Crippen LogP contribution in [0.25, 0.3) is 0 Å². The van der Waals surface area contributed by atoms with Crippen molar-refractivity contribution in [1.29, 1.82) is 0 Å². The number of hydrogen-bond acceptors (Lipinski definition) is 8. The molecule has 2 aliphatic rings. The number of amides is 1. The Balaban J connectivity index is 1.61. The fraction of sp³-hybridized carbons (Fsp3) is 0.500. The van der Waals surface area contributed by atoms with Crippen molar-refractivity contribution >= 4 is 38.6 Å². The highest BCUT2D eigenvalue weighted by Crippen LogP contribution is 2.29. The molecule has 31 heavy (non-hydrogen) atoms. The zero-order valence-electron chi connectivity index (χ0n) is 17.3. The topological polar surface area (TPSA) is 110 Å². The van der Waals surface area contributed by atoms with Gasteiger partial charge in [0.15, 0.2) is 0 Å². The van der Waals surface area contributed by atoms with E-state index in [1.54, 1.807) is 24.6 Å². The maximum atomic E-state index is 13.1. The van der Waals surface area contributed by atoms with Crippen molar-refractivity contribution < 1.29 is 22.7 Å². The maximum absolute atomic E-state index is 13.1. The standard InChI is InChI=1S/C20H26N4O5S2/c1-14-19(30-13-22-14)20(25)23-18-11-16(31(26,27)24-6-9-28-10-7-24)4-5-17(18)21-12-15-3-2-8-29-15/h4-5,11,13,15,21H,2-3,6-10,12H2,1H3,(H,23,25). The molecule has 1 amide bonds. The number of anilines is 2. The van der Waals surface area contributed by atoms with Gasteiger partial charge in [-0.3, -0.25) is 4.79 Å². The molecule has 0 aliphatic carbocycles. The van der Waals surface area contributed by atoms with Gasteiger partial charge in [-0.25, -0.2) is 13.4 Å². The largest absolute Gasteiger partial charge is 0.381 e. The highest BCUT2D eigenvalue weighted by molar-refractivity contribution is 7.89. The van der Waals surface area contributed by atoms with Gasteiger partial charge >= 0.3 is 0 Å². The van der Waals surface area contributed by atoms with Crippen molar-refractivity contribution in [2.45, 2.75) is 30.8 Å². The highest BCUT2D eigenvalue weighted by atomic mass is 32.2. The molecular weight excluding hydrogens is 440 g/mol. The number of thiazole rings is 1. The first-order valence-corrected chi connectivity index (χ1v) is 12.6. The molecule has 1 aromatic heterocycles. The van der Waals surface area contributed by atoms with E-state index in [4.69, 9.17) is 9.47 Å². The summed E-state index contributed by atoms with van der Waals surface area (Å²) >= 11 is 1.25. The van der Waals surface area contributed by atoms with Crippen LogP contribution >= 0.6 is 11.3 Å². The average molecular weight is 467 g/mol. The third-order valence-electron chi connectivity index (χ3n) is 5.34. The number of ether oxygens (including phenoxy) is 2. The fourth-order valence-electron chi connectivity index (χ4n) is 3.61. The number of rotatable bonds is 7. The summed E-state index contributed by atoms with van der Waals surface area (Å²) in [5.74, 6) is -0.318. The first-order chi connectivity index (χ1) is 14.9. The molecule has 1 aromatic carbocycles. The fourth-order valence-corrected chi connectivity index (χ4v) is 5.74. The van der Waals surface area contributed by atoms with Gasteiger partial charge in [-0.15, -0.1) is 11.3 Å². The van der Waals surface area contributed by atoms with E-state index in [0.717, 1.165) is 19.4 Å². The van der Waals surface area contributed by atoms with E-state index < -0.39 is 10.0 Å². The summed E-state index contributed by atoms with van der Waals surface area (Å²) in [5.41, 5.74) is 3.30.